The van der Waals surface area contributed by atoms with Crippen molar-refractivity contribution in [1.29, 1.82) is 0 Å². The van der Waals surface area contributed by atoms with E-state index >= 15 is 0 Å². The maximum Gasteiger partial charge on any atom is 0.322 e. The number of amides is 2. The number of carbonyl (C=O) groups excluding carboxylic acids is 1. The average molecular weight is 205 g/mol. The van der Waals surface area contributed by atoms with Crippen LogP contribution in [0.5, 0.6) is 0 Å². The molecule has 0 atom stereocenters. The van der Waals surface area contributed by atoms with Crippen molar-refractivity contribution in [2.24, 2.45) is 5.73 Å². The van der Waals surface area contributed by atoms with Crippen molar-refractivity contribution >= 4 is 18.0 Å². The van der Waals surface area contributed by atoms with Crippen LogP contribution < -0.4 is 10.5 Å². The predicted molar refractivity (Wildman–Crippen MR) is 52.4 cm³/mol. The molecule has 0 aromatic carbocycles. The van der Waals surface area contributed by atoms with Gasteiger partial charge in [0, 0.05) is 25.4 Å². The minimum atomic E-state index is -0.480. The highest BCUT2D eigenvalue weighted by molar-refractivity contribution is 7.97. The Bertz CT molecular complexity index is 162. The fourth-order valence-electron chi connectivity index (χ4n) is 1.12. The molecule has 0 bridgehead atoms. The molecule has 1 heterocycles. The van der Waals surface area contributed by atoms with Gasteiger partial charge in [0.15, 0.2) is 0 Å². The molecule has 6 heteroatoms. The number of nitrogens with two attached hydrogens (primary N) is 1. The van der Waals surface area contributed by atoms with Crippen LogP contribution in [0.3, 0.4) is 0 Å². The Morgan fingerprint density at radius 3 is 2.85 bits per heavy atom. The van der Waals surface area contributed by atoms with E-state index in [1.165, 1.54) is 11.9 Å². The summed E-state index contributed by atoms with van der Waals surface area (Å²) >= 11 is 1.35. The third kappa shape index (κ3) is 4.97. The van der Waals surface area contributed by atoms with Gasteiger partial charge < -0.3 is 10.5 Å². The van der Waals surface area contributed by atoms with Gasteiger partial charge in [0.1, 0.15) is 0 Å². The van der Waals surface area contributed by atoms with Crippen LogP contribution in [0.25, 0.3) is 0 Å². The molecule has 1 aliphatic rings. The third-order valence-electron chi connectivity index (χ3n) is 1.79. The summed E-state index contributed by atoms with van der Waals surface area (Å²) in [6, 6.07) is -0.480. The fraction of sp³-hybridized carbons (Fsp3) is 0.857. The van der Waals surface area contributed by atoms with E-state index in [0.717, 1.165) is 38.6 Å². The van der Waals surface area contributed by atoms with Gasteiger partial charge in [-0.2, -0.15) is 0 Å². The summed E-state index contributed by atoms with van der Waals surface area (Å²) in [5.41, 5.74) is 4.91. The molecule has 5 nitrogen and oxygen atoms in total. The molecule has 1 fully saturated rings. The number of hydrogen-bond acceptors (Lipinski definition) is 4. The van der Waals surface area contributed by atoms with Crippen molar-refractivity contribution in [2.45, 2.75) is 0 Å². The highest BCUT2D eigenvalue weighted by atomic mass is 32.2. The normalized spacial score (nSPS) is 18.5. The molecule has 0 aromatic heterocycles. The minimum Gasteiger partial charge on any atom is -0.379 e. The van der Waals surface area contributed by atoms with Crippen molar-refractivity contribution in [3.63, 3.8) is 0 Å². The molecule has 13 heavy (non-hydrogen) atoms. The molecule has 1 aliphatic heterocycles. The Hall–Kier alpha value is -0.460. The van der Waals surface area contributed by atoms with E-state index in [1.54, 1.807) is 0 Å². The number of nitrogens with zero attached hydrogens (tertiary/aromatic N) is 1. The van der Waals surface area contributed by atoms with Gasteiger partial charge in [-0.25, -0.2) is 4.79 Å². The molecule has 0 radical (unpaired) electrons. The first-order valence-corrected chi connectivity index (χ1v) is 5.25. The van der Waals surface area contributed by atoms with Crippen molar-refractivity contribution in [1.82, 2.24) is 9.62 Å². The van der Waals surface area contributed by atoms with E-state index in [9.17, 15) is 4.79 Å². The summed E-state index contributed by atoms with van der Waals surface area (Å²) in [7, 11) is 0. The Labute approximate surface area is 82.1 Å². The lowest BCUT2D eigenvalue weighted by Gasteiger charge is -2.26. The molecule has 2 amide bonds. The van der Waals surface area contributed by atoms with E-state index < -0.39 is 6.03 Å². The molecule has 0 spiro atoms. The SMILES string of the molecule is NC(=O)NSCCN1CCOCC1. The number of rotatable bonds is 4. The highest BCUT2D eigenvalue weighted by Gasteiger charge is 2.09. The van der Waals surface area contributed by atoms with Crippen molar-refractivity contribution in [3.05, 3.63) is 0 Å². The van der Waals surface area contributed by atoms with Crippen molar-refractivity contribution in [2.75, 3.05) is 38.6 Å². The van der Waals surface area contributed by atoms with Gasteiger partial charge in [0.25, 0.3) is 0 Å². The van der Waals surface area contributed by atoms with Gasteiger partial charge in [-0.15, -0.1) is 0 Å². The van der Waals surface area contributed by atoms with Gasteiger partial charge in [-0.1, -0.05) is 0 Å². The zero-order chi connectivity index (χ0) is 9.52. The maximum atomic E-state index is 10.3. The quantitative estimate of drug-likeness (QED) is 0.485. The predicted octanol–water partition coefficient (Wildman–Crippen LogP) is -0.365. The smallest absolute Gasteiger partial charge is 0.322 e. The molecule has 0 aliphatic carbocycles. The van der Waals surface area contributed by atoms with E-state index in [0.29, 0.717) is 0 Å². The van der Waals surface area contributed by atoms with E-state index in [4.69, 9.17) is 10.5 Å². The van der Waals surface area contributed by atoms with Crippen molar-refractivity contribution in [3.8, 4) is 0 Å². The molecule has 1 rings (SSSR count). The van der Waals surface area contributed by atoms with Crippen molar-refractivity contribution < 1.29 is 9.53 Å². The molecule has 3 N–H and O–H groups in total. The van der Waals surface area contributed by atoms with Crippen LogP contribution in [0.2, 0.25) is 0 Å². The summed E-state index contributed by atoms with van der Waals surface area (Å²) in [5.74, 6) is 0.864. The number of nitrogens with one attached hydrogen (secondary N) is 1. The standard InChI is InChI=1S/C7H15N3O2S/c8-7(11)9-13-6-3-10-1-4-12-5-2-10/h1-6H2,(H3,8,9,11). The monoisotopic (exact) mass is 205 g/mol. The fourth-order valence-corrected chi connectivity index (χ4v) is 1.72. The van der Waals surface area contributed by atoms with Gasteiger partial charge in [0.05, 0.1) is 13.2 Å². The van der Waals surface area contributed by atoms with E-state index in [-0.39, 0.29) is 0 Å². The second-order valence-corrected chi connectivity index (χ2v) is 3.67. The van der Waals surface area contributed by atoms with Gasteiger partial charge in [0.2, 0.25) is 0 Å². The van der Waals surface area contributed by atoms with Gasteiger partial charge >= 0.3 is 6.03 Å². The largest absolute Gasteiger partial charge is 0.379 e. The second kappa shape index (κ2) is 6.06. The molecule has 1 saturated heterocycles. The number of carbonyl (C=O) groups is 1. The summed E-state index contributed by atoms with van der Waals surface area (Å²) in [6.45, 7) is 4.56. The Morgan fingerprint density at radius 2 is 2.23 bits per heavy atom. The van der Waals surface area contributed by atoms with E-state index in [2.05, 4.69) is 9.62 Å². The Balaban J connectivity index is 1.95. The second-order valence-electron chi connectivity index (χ2n) is 2.77. The zero-order valence-electron chi connectivity index (χ0n) is 7.49. The molecule has 0 unspecified atom stereocenters. The topological polar surface area (TPSA) is 67.6 Å². The van der Waals surface area contributed by atoms with Crippen LogP contribution in [-0.4, -0.2) is 49.5 Å². The first kappa shape index (κ1) is 10.6. The third-order valence-corrected chi connectivity index (χ3v) is 2.52. The first-order valence-electron chi connectivity index (χ1n) is 4.26. The summed E-state index contributed by atoms with van der Waals surface area (Å²) in [6.07, 6.45) is 0. The summed E-state index contributed by atoms with van der Waals surface area (Å²) in [4.78, 5) is 12.6. The van der Waals surface area contributed by atoms with E-state index in [1.807, 2.05) is 0 Å². The lowest BCUT2D eigenvalue weighted by molar-refractivity contribution is 0.0410. The number of urea groups is 1. The number of ether oxygens (including phenoxy) is 1. The molecular formula is C7H15N3O2S. The molecular weight excluding hydrogens is 190 g/mol. The first-order chi connectivity index (χ1) is 6.29. The molecule has 76 valence electrons. The number of primary amides is 1. The number of hydrogen-bond donors (Lipinski definition) is 2. The van der Waals surface area contributed by atoms with Crippen LogP contribution in [0.15, 0.2) is 0 Å². The lowest BCUT2D eigenvalue weighted by Crippen LogP contribution is -2.38. The van der Waals surface area contributed by atoms with Crippen LogP contribution in [0.1, 0.15) is 0 Å². The summed E-state index contributed by atoms with van der Waals surface area (Å²) < 4.78 is 7.69. The van der Waals surface area contributed by atoms with Crippen LogP contribution in [0, 0.1) is 0 Å². The summed E-state index contributed by atoms with van der Waals surface area (Å²) in [5, 5.41) is 0. The maximum absolute atomic E-state index is 10.3. The van der Waals surface area contributed by atoms with Gasteiger partial charge in [-0.3, -0.25) is 9.62 Å². The highest BCUT2D eigenvalue weighted by Crippen LogP contribution is 1.99. The van der Waals surface area contributed by atoms with Crippen LogP contribution in [0.4, 0.5) is 4.79 Å². The van der Waals surface area contributed by atoms with Crippen LogP contribution in [-0.2, 0) is 4.74 Å². The van der Waals surface area contributed by atoms with Crippen LogP contribution >= 0.6 is 11.9 Å². The Kier molecular flexibility index (Phi) is 4.95. The Morgan fingerprint density at radius 1 is 1.54 bits per heavy atom. The minimum absolute atomic E-state index is 0.480. The number of morpholine rings is 1. The molecule has 0 saturated carbocycles. The average Bonchev–Trinajstić information content (AvgIpc) is 2.14. The molecule has 0 aromatic rings. The van der Waals surface area contributed by atoms with Gasteiger partial charge in [-0.05, 0) is 11.9 Å². The lowest BCUT2D eigenvalue weighted by atomic mass is 10.4. The zero-order valence-corrected chi connectivity index (χ0v) is 8.31.